The predicted molar refractivity (Wildman–Crippen MR) is 141 cm³/mol. The molecule has 1 saturated carbocycles. The van der Waals surface area contributed by atoms with Crippen LogP contribution < -0.4 is 4.72 Å². The second-order valence-corrected chi connectivity index (χ2v) is 15.1. The standard InChI is InChI=1S/C25H32N6O4S2/c1-6-17-13-18(29-37(34,35)25(3,4)5)14-20(17)23-28-27-22-15-26-24-21(31(22)23)11-12-30(24)36(32,33)19-9-7-16(2)8-10-19/h7-12,15,17-18,20,29H,6,13-14H2,1-5H3. The molecule has 3 aromatic heterocycles. The van der Waals surface area contributed by atoms with Gasteiger partial charge in [0.25, 0.3) is 10.0 Å². The highest BCUT2D eigenvalue weighted by atomic mass is 32.2. The van der Waals surface area contributed by atoms with Crippen LogP contribution in [0, 0.1) is 12.8 Å². The van der Waals surface area contributed by atoms with Crippen molar-refractivity contribution in [2.75, 3.05) is 0 Å². The molecule has 0 bridgehead atoms. The number of aryl methyl sites for hydroxylation is 1. The summed E-state index contributed by atoms with van der Waals surface area (Å²) < 4.78 is 57.5. The number of fused-ring (bicyclic) bond motifs is 3. The van der Waals surface area contributed by atoms with E-state index in [1.165, 1.54) is 16.4 Å². The van der Waals surface area contributed by atoms with Crippen LogP contribution in [0.15, 0.2) is 47.6 Å². The van der Waals surface area contributed by atoms with Gasteiger partial charge in [0.2, 0.25) is 10.0 Å². The lowest BCUT2D eigenvalue weighted by atomic mass is 9.93. The first-order valence-corrected chi connectivity index (χ1v) is 15.3. The van der Waals surface area contributed by atoms with Gasteiger partial charge in [-0.05, 0) is 64.7 Å². The normalized spacial score (nSPS) is 21.3. The molecule has 3 unspecified atom stereocenters. The lowest BCUT2D eigenvalue weighted by molar-refractivity contribution is 0.448. The molecule has 3 atom stereocenters. The Hall–Kier alpha value is -2.83. The highest BCUT2D eigenvalue weighted by Crippen LogP contribution is 2.42. The zero-order valence-electron chi connectivity index (χ0n) is 21.6. The molecule has 1 fully saturated rings. The Morgan fingerprint density at radius 3 is 2.38 bits per heavy atom. The van der Waals surface area contributed by atoms with Crippen LogP contribution in [0.4, 0.5) is 0 Å². The fraction of sp³-hybridized carbons (Fsp3) is 0.480. The van der Waals surface area contributed by atoms with Gasteiger partial charge in [-0.1, -0.05) is 31.0 Å². The van der Waals surface area contributed by atoms with E-state index in [0.717, 1.165) is 12.0 Å². The molecule has 0 saturated heterocycles. The summed E-state index contributed by atoms with van der Waals surface area (Å²) in [5.41, 5.74) is 2.35. The molecule has 10 nitrogen and oxygen atoms in total. The number of nitrogens with one attached hydrogen (secondary N) is 1. The van der Waals surface area contributed by atoms with E-state index in [2.05, 4.69) is 26.8 Å². The number of sulfonamides is 1. The summed E-state index contributed by atoms with van der Waals surface area (Å²) in [4.78, 5) is 4.60. The van der Waals surface area contributed by atoms with E-state index in [1.54, 1.807) is 51.1 Å². The average Bonchev–Trinajstić information content (AvgIpc) is 3.53. The van der Waals surface area contributed by atoms with Gasteiger partial charge in [-0.25, -0.2) is 30.5 Å². The number of rotatable bonds is 6. The van der Waals surface area contributed by atoms with Crippen molar-refractivity contribution in [3.05, 3.63) is 54.1 Å². The van der Waals surface area contributed by atoms with Crippen molar-refractivity contribution < 1.29 is 16.8 Å². The van der Waals surface area contributed by atoms with Crippen molar-refractivity contribution in [3.8, 4) is 0 Å². The smallest absolute Gasteiger partial charge is 0.269 e. The molecule has 37 heavy (non-hydrogen) atoms. The first-order chi connectivity index (χ1) is 17.3. The van der Waals surface area contributed by atoms with Gasteiger partial charge in [0.15, 0.2) is 11.3 Å². The second-order valence-electron chi connectivity index (χ2n) is 10.8. The fourth-order valence-corrected chi connectivity index (χ4v) is 7.38. The molecule has 12 heteroatoms. The minimum Gasteiger partial charge on any atom is -0.274 e. The van der Waals surface area contributed by atoms with Crippen molar-refractivity contribution in [3.63, 3.8) is 0 Å². The van der Waals surface area contributed by atoms with E-state index in [-0.39, 0.29) is 28.4 Å². The van der Waals surface area contributed by atoms with Gasteiger partial charge in [-0.15, -0.1) is 10.2 Å². The van der Waals surface area contributed by atoms with Crippen LogP contribution >= 0.6 is 0 Å². The van der Waals surface area contributed by atoms with E-state index < -0.39 is 24.8 Å². The van der Waals surface area contributed by atoms with Crippen LogP contribution in [0.25, 0.3) is 16.8 Å². The summed E-state index contributed by atoms with van der Waals surface area (Å²) in [5, 5.41) is 8.80. The fourth-order valence-electron chi connectivity index (χ4n) is 5.09. The Kier molecular flexibility index (Phi) is 6.19. The maximum atomic E-state index is 13.4. The average molecular weight is 545 g/mol. The van der Waals surface area contributed by atoms with Crippen LogP contribution in [0.5, 0.6) is 0 Å². The SMILES string of the molecule is CCC1CC(NS(=O)(=O)C(C)(C)C)CC1c1nnc2cnc3c(ccn3S(=O)(=O)c3ccc(C)cc3)n12. The number of aromatic nitrogens is 5. The van der Waals surface area contributed by atoms with E-state index in [1.807, 2.05) is 11.3 Å². The van der Waals surface area contributed by atoms with Crippen LogP contribution in [0.3, 0.4) is 0 Å². The Morgan fingerprint density at radius 1 is 1.03 bits per heavy atom. The van der Waals surface area contributed by atoms with Crippen LogP contribution in [-0.2, 0) is 20.0 Å². The lowest BCUT2D eigenvalue weighted by Gasteiger charge is -2.23. The summed E-state index contributed by atoms with van der Waals surface area (Å²) in [7, 11) is -7.36. The van der Waals surface area contributed by atoms with E-state index in [0.29, 0.717) is 29.8 Å². The molecular formula is C25H32N6O4S2. The van der Waals surface area contributed by atoms with Crippen LogP contribution in [0.2, 0.25) is 0 Å². The summed E-state index contributed by atoms with van der Waals surface area (Å²) in [5.74, 6) is 0.842. The quantitative estimate of drug-likeness (QED) is 0.393. The zero-order chi connectivity index (χ0) is 26.8. The van der Waals surface area contributed by atoms with Gasteiger partial charge in [-0.2, -0.15) is 0 Å². The summed E-state index contributed by atoms with van der Waals surface area (Å²) >= 11 is 0. The van der Waals surface area contributed by atoms with E-state index in [9.17, 15) is 16.8 Å². The minimum absolute atomic E-state index is 0.0460. The molecular weight excluding hydrogens is 512 g/mol. The van der Waals surface area contributed by atoms with Crippen molar-refractivity contribution in [1.29, 1.82) is 0 Å². The molecule has 0 spiro atoms. The third kappa shape index (κ3) is 4.34. The van der Waals surface area contributed by atoms with Gasteiger partial charge in [0, 0.05) is 18.2 Å². The molecule has 4 aromatic rings. The minimum atomic E-state index is -3.86. The first kappa shape index (κ1) is 25.8. The Morgan fingerprint density at radius 2 is 1.73 bits per heavy atom. The monoisotopic (exact) mass is 544 g/mol. The van der Waals surface area contributed by atoms with Crippen LogP contribution in [0.1, 0.15) is 64.3 Å². The molecule has 1 N–H and O–H groups in total. The second kappa shape index (κ2) is 8.88. The molecule has 1 aromatic carbocycles. The molecule has 198 valence electrons. The Balaban J connectivity index is 1.56. The maximum absolute atomic E-state index is 13.4. The molecule has 0 aliphatic heterocycles. The van der Waals surface area contributed by atoms with Crippen molar-refractivity contribution >= 4 is 36.9 Å². The number of benzene rings is 1. The topological polar surface area (TPSA) is 128 Å². The number of nitrogens with zero attached hydrogens (tertiary/aromatic N) is 5. The molecule has 0 radical (unpaired) electrons. The Bertz CT molecular complexity index is 1680. The third-order valence-corrected chi connectivity index (χ3v) is 11.3. The van der Waals surface area contributed by atoms with Crippen molar-refractivity contribution in [2.45, 2.75) is 75.5 Å². The maximum Gasteiger partial charge on any atom is 0.269 e. The predicted octanol–water partition coefficient (Wildman–Crippen LogP) is 3.61. The highest BCUT2D eigenvalue weighted by Gasteiger charge is 2.41. The van der Waals surface area contributed by atoms with Crippen molar-refractivity contribution in [2.24, 2.45) is 5.92 Å². The molecule has 5 rings (SSSR count). The van der Waals surface area contributed by atoms with Gasteiger partial charge >= 0.3 is 0 Å². The summed E-state index contributed by atoms with van der Waals surface area (Å²) in [6, 6.07) is 8.19. The molecule has 0 amide bonds. The molecule has 1 aliphatic rings. The zero-order valence-corrected chi connectivity index (χ0v) is 23.2. The van der Waals surface area contributed by atoms with Gasteiger partial charge in [0.05, 0.1) is 21.4 Å². The van der Waals surface area contributed by atoms with Gasteiger partial charge < -0.3 is 0 Å². The van der Waals surface area contributed by atoms with Crippen LogP contribution in [-0.4, -0.2) is 51.2 Å². The third-order valence-electron chi connectivity index (χ3n) is 7.32. The molecule has 3 heterocycles. The number of hydrogen-bond donors (Lipinski definition) is 1. The summed E-state index contributed by atoms with van der Waals surface area (Å²) in [6.45, 7) is 9.04. The number of hydrogen-bond acceptors (Lipinski definition) is 7. The highest BCUT2D eigenvalue weighted by molar-refractivity contribution is 7.90. The Labute approximate surface area is 217 Å². The largest absolute Gasteiger partial charge is 0.274 e. The van der Waals surface area contributed by atoms with Gasteiger partial charge in [0.1, 0.15) is 5.82 Å². The van der Waals surface area contributed by atoms with Gasteiger partial charge in [-0.3, -0.25) is 4.40 Å². The molecule has 1 aliphatic carbocycles. The first-order valence-electron chi connectivity index (χ1n) is 12.4. The van der Waals surface area contributed by atoms with E-state index >= 15 is 0 Å². The van der Waals surface area contributed by atoms with Crippen molar-refractivity contribution in [1.82, 2.24) is 28.3 Å². The lowest BCUT2D eigenvalue weighted by Crippen LogP contribution is -2.43. The summed E-state index contributed by atoms with van der Waals surface area (Å²) in [6.07, 6.45) is 5.16. The van der Waals surface area contributed by atoms with E-state index in [4.69, 9.17) is 0 Å².